The van der Waals surface area contributed by atoms with Crippen molar-refractivity contribution in [2.45, 2.75) is 38.4 Å². The van der Waals surface area contributed by atoms with E-state index < -0.39 is 6.10 Å². The smallest absolute Gasteiger partial charge is 0.142 e. The number of methoxy groups -OCH3 is 2. The third-order valence-electron chi connectivity index (χ3n) is 2.97. The van der Waals surface area contributed by atoms with Crippen molar-refractivity contribution < 1.29 is 14.6 Å². The molecule has 1 unspecified atom stereocenters. The van der Waals surface area contributed by atoms with Gasteiger partial charge in [0.1, 0.15) is 5.75 Å². The number of aliphatic hydroxyl groups is 1. The van der Waals surface area contributed by atoms with E-state index >= 15 is 0 Å². The standard InChI is InChI=1S/C13H21NO3/c1-13(2,17-4)7-5-11(15)10-6-8-14-9-12(10)16-3/h6,8-9,11,15H,5,7H2,1-4H3. The fourth-order valence-electron chi connectivity index (χ4n) is 1.58. The van der Waals surface area contributed by atoms with Crippen molar-refractivity contribution in [2.75, 3.05) is 14.2 Å². The Morgan fingerprint density at radius 3 is 2.71 bits per heavy atom. The molecule has 4 nitrogen and oxygen atoms in total. The molecule has 1 aromatic heterocycles. The molecule has 0 saturated heterocycles. The zero-order valence-corrected chi connectivity index (χ0v) is 10.9. The molecule has 1 heterocycles. The Labute approximate surface area is 103 Å². The van der Waals surface area contributed by atoms with E-state index in [1.165, 1.54) is 0 Å². The predicted octanol–water partition coefficient (Wildman–Crippen LogP) is 2.33. The zero-order chi connectivity index (χ0) is 12.9. The summed E-state index contributed by atoms with van der Waals surface area (Å²) in [6.45, 7) is 4.01. The van der Waals surface area contributed by atoms with Gasteiger partial charge in [-0.15, -0.1) is 0 Å². The lowest BCUT2D eigenvalue weighted by Gasteiger charge is -2.24. The second-order valence-corrected chi connectivity index (χ2v) is 4.64. The van der Waals surface area contributed by atoms with E-state index in [-0.39, 0.29) is 5.60 Å². The summed E-state index contributed by atoms with van der Waals surface area (Å²) in [7, 11) is 3.26. The number of ether oxygens (including phenoxy) is 2. The number of aliphatic hydroxyl groups excluding tert-OH is 1. The number of nitrogens with zero attached hydrogens (tertiary/aromatic N) is 1. The first-order chi connectivity index (χ1) is 8.00. The number of hydrogen-bond donors (Lipinski definition) is 1. The molecule has 1 atom stereocenters. The SMILES string of the molecule is COc1cnccc1C(O)CCC(C)(C)OC. The van der Waals surface area contributed by atoms with Crippen LogP contribution in [0.2, 0.25) is 0 Å². The third-order valence-corrected chi connectivity index (χ3v) is 2.97. The van der Waals surface area contributed by atoms with Crippen LogP contribution in [0.3, 0.4) is 0 Å². The van der Waals surface area contributed by atoms with Crippen molar-refractivity contribution in [1.29, 1.82) is 0 Å². The van der Waals surface area contributed by atoms with Crippen LogP contribution in [0, 0.1) is 0 Å². The molecule has 0 amide bonds. The van der Waals surface area contributed by atoms with Gasteiger partial charge in [-0.25, -0.2) is 0 Å². The number of rotatable bonds is 6. The van der Waals surface area contributed by atoms with Crippen LogP contribution in [0.25, 0.3) is 0 Å². The summed E-state index contributed by atoms with van der Waals surface area (Å²) < 4.78 is 10.5. The van der Waals surface area contributed by atoms with E-state index in [9.17, 15) is 5.11 Å². The molecule has 0 aliphatic rings. The molecule has 17 heavy (non-hydrogen) atoms. The van der Waals surface area contributed by atoms with Crippen LogP contribution in [-0.4, -0.2) is 29.9 Å². The highest BCUT2D eigenvalue weighted by molar-refractivity contribution is 5.31. The van der Waals surface area contributed by atoms with Crippen LogP contribution in [0.4, 0.5) is 0 Å². The van der Waals surface area contributed by atoms with Gasteiger partial charge < -0.3 is 14.6 Å². The monoisotopic (exact) mass is 239 g/mol. The van der Waals surface area contributed by atoms with Gasteiger partial charge in [0.15, 0.2) is 0 Å². The summed E-state index contributed by atoms with van der Waals surface area (Å²) in [5, 5.41) is 10.1. The maximum atomic E-state index is 10.1. The minimum Gasteiger partial charge on any atom is -0.495 e. The summed E-state index contributed by atoms with van der Waals surface area (Å²) in [5.74, 6) is 0.621. The van der Waals surface area contributed by atoms with Crippen molar-refractivity contribution >= 4 is 0 Å². The van der Waals surface area contributed by atoms with Crippen molar-refractivity contribution in [3.8, 4) is 5.75 Å². The molecule has 1 N–H and O–H groups in total. The molecule has 96 valence electrons. The highest BCUT2D eigenvalue weighted by Gasteiger charge is 2.20. The number of pyridine rings is 1. The van der Waals surface area contributed by atoms with E-state index in [0.29, 0.717) is 12.2 Å². The Bertz CT molecular complexity index is 352. The van der Waals surface area contributed by atoms with Crippen LogP contribution >= 0.6 is 0 Å². The average Bonchev–Trinajstić information content (AvgIpc) is 2.36. The second-order valence-electron chi connectivity index (χ2n) is 4.64. The fraction of sp³-hybridized carbons (Fsp3) is 0.615. The van der Waals surface area contributed by atoms with E-state index in [2.05, 4.69) is 4.98 Å². The van der Waals surface area contributed by atoms with Crippen LogP contribution in [0.5, 0.6) is 5.75 Å². The maximum Gasteiger partial charge on any atom is 0.142 e. The van der Waals surface area contributed by atoms with Crippen LogP contribution in [-0.2, 0) is 4.74 Å². The third kappa shape index (κ3) is 3.98. The number of hydrogen-bond acceptors (Lipinski definition) is 4. The van der Waals surface area contributed by atoms with Crippen LogP contribution in [0.1, 0.15) is 38.4 Å². The molecule has 0 radical (unpaired) electrons. The van der Waals surface area contributed by atoms with Gasteiger partial charge in [0.25, 0.3) is 0 Å². The first-order valence-electron chi connectivity index (χ1n) is 5.71. The molecule has 0 aliphatic carbocycles. The minimum atomic E-state index is -0.553. The van der Waals surface area contributed by atoms with E-state index in [0.717, 1.165) is 12.0 Å². The van der Waals surface area contributed by atoms with Crippen molar-refractivity contribution in [3.05, 3.63) is 24.0 Å². The van der Waals surface area contributed by atoms with E-state index in [4.69, 9.17) is 9.47 Å². The maximum absolute atomic E-state index is 10.1. The minimum absolute atomic E-state index is 0.221. The summed E-state index contributed by atoms with van der Waals surface area (Å²) in [5.41, 5.74) is 0.552. The van der Waals surface area contributed by atoms with Gasteiger partial charge in [-0.1, -0.05) is 0 Å². The van der Waals surface area contributed by atoms with Gasteiger partial charge >= 0.3 is 0 Å². The predicted molar refractivity (Wildman–Crippen MR) is 66.1 cm³/mol. The first kappa shape index (κ1) is 13.9. The highest BCUT2D eigenvalue weighted by atomic mass is 16.5. The molecular formula is C13H21NO3. The molecule has 0 bridgehead atoms. The van der Waals surface area contributed by atoms with Crippen LogP contribution < -0.4 is 4.74 Å². The lowest BCUT2D eigenvalue weighted by atomic mass is 9.97. The van der Waals surface area contributed by atoms with Gasteiger partial charge in [-0.2, -0.15) is 0 Å². The Morgan fingerprint density at radius 2 is 2.12 bits per heavy atom. The molecule has 0 saturated carbocycles. The molecule has 0 fully saturated rings. The Hall–Kier alpha value is -1.13. The molecule has 1 rings (SSSR count). The summed E-state index contributed by atoms with van der Waals surface area (Å²) in [6.07, 6.45) is 4.11. The summed E-state index contributed by atoms with van der Waals surface area (Å²) in [6, 6.07) is 1.78. The quantitative estimate of drug-likeness (QED) is 0.827. The fourth-order valence-corrected chi connectivity index (χ4v) is 1.58. The summed E-state index contributed by atoms with van der Waals surface area (Å²) in [4.78, 5) is 3.96. The zero-order valence-electron chi connectivity index (χ0n) is 10.9. The van der Waals surface area contributed by atoms with Gasteiger partial charge in [-0.3, -0.25) is 4.98 Å². The van der Waals surface area contributed by atoms with Crippen molar-refractivity contribution in [1.82, 2.24) is 4.98 Å². The van der Waals surface area contributed by atoms with E-state index in [1.807, 2.05) is 13.8 Å². The summed E-state index contributed by atoms with van der Waals surface area (Å²) >= 11 is 0. The first-order valence-corrected chi connectivity index (χ1v) is 5.71. The largest absolute Gasteiger partial charge is 0.495 e. The molecule has 1 aromatic rings. The van der Waals surface area contributed by atoms with Gasteiger partial charge in [0.2, 0.25) is 0 Å². The Balaban J connectivity index is 2.67. The molecular weight excluding hydrogens is 218 g/mol. The normalized spacial score (nSPS) is 13.5. The Morgan fingerprint density at radius 1 is 1.41 bits per heavy atom. The second kappa shape index (κ2) is 5.98. The lowest BCUT2D eigenvalue weighted by Crippen LogP contribution is -2.23. The van der Waals surface area contributed by atoms with E-state index in [1.54, 1.807) is 32.7 Å². The van der Waals surface area contributed by atoms with Crippen molar-refractivity contribution in [3.63, 3.8) is 0 Å². The van der Waals surface area contributed by atoms with Gasteiger partial charge in [0.05, 0.1) is 25.0 Å². The van der Waals surface area contributed by atoms with Gasteiger partial charge in [-0.05, 0) is 32.8 Å². The van der Waals surface area contributed by atoms with Gasteiger partial charge in [0, 0.05) is 18.9 Å². The Kier molecular flexibility index (Phi) is 4.90. The topological polar surface area (TPSA) is 51.6 Å². The highest BCUT2D eigenvalue weighted by Crippen LogP contribution is 2.29. The van der Waals surface area contributed by atoms with Crippen LogP contribution in [0.15, 0.2) is 18.5 Å². The van der Waals surface area contributed by atoms with Crippen molar-refractivity contribution in [2.24, 2.45) is 0 Å². The number of aromatic nitrogens is 1. The molecule has 4 heteroatoms. The molecule has 0 spiro atoms. The molecule has 0 aliphatic heterocycles. The average molecular weight is 239 g/mol. The molecule has 0 aromatic carbocycles. The lowest BCUT2D eigenvalue weighted by molar-refractivity contribution is 0.00258.